The van der Waals surface area contributed by atoms with E-state index in [2.05, 4.69) is 20.4 Å². The molecule has 1 amide bonds. The highest BCUT2D eigenvalue weighted by Gasteiger charge is 2.13. The van der Waals surface area contributed by atoms with E-state index in [0.717, 1.165) is 23.1 Å². The number of H-pyrrole nitrogens is 1. The lowest BCUT2D eigenvalue weighted by atomic mass is 10.2. The highest BCUT2D eigenvalue weighted by atomic mass is 32.2. The zero-order chi connectivity index (χ0) is 21.8. The number of rotatable bonds is 7. The minimum atomic E-state index is -0.380. The zero-order valence-electron chi connectivity index (χ0n) is 16.5. The summed E-state index contributed by atoms with van der Waals surface area (Å²) in [6.45, 7) is 2.47. The van der Waals surface area contributed by atoms with Crippen LogP contribution < -0.4 is 15.6 Å². The van der Waals surface area contributed by atoms with Crippen LogP contribution in [0.5, 0.6) is 5.75 Å². The van der Waals surface area contributed by atoms with E-state index in [1.165, 1.54) is 34.8 Å². The molecule has 2 heterocycles. The summed E-state index contributed by atoms with van der Waals surface area (Å²) < 4.78 is 19.9. The average molecular weight is 439 g/mol. The number of halogens is 1. The number of thioether (sulfide) groups is 1. The molecule has 0 saturated heterocycles. The molecule has 0 unspecified atom stereocenters. The molecule has 158 valence electrons. The first-order valence-electron chi connectivity index (χ1n) is 9.43. The van der Waals surface area contributed by atoms with Crippen LogP contribution in [0.1, 0.15) is 6.92 Å². The molecule has 2 aromatic heterocycles. The van der Waals surface area contributed by atoms with Crippen LogP contribution in [0.15, 0.2) is 64.5 Å². The molecule has 0 atom stereocenters. The van der Waals surface area contributed by atoms with Crippen molar-refractivity contribution >= 4 is 29.0 Å². The Morgan fingerprint density at radius 2 is 1.90 bits per heavy atom. The fourth-order valence-corrected chi connectivity index (χ4v) is 3.59. The first-order chi connectivity index (χ1) is 15.0. The van der Waals surface area contributed by atoms with Crippen LogP contribution in [-0.4, -0.2) is 37.8 Å². The fourth-order valence-electron chi connectivity index (χ4n) is 2.84. The van der Waals surface area contributed by atoms with Gasteiger partial charge in [0.2, 0.25) is 5.91 Å². The molecule has 2 N–H and O–H groups in total. The van der Waals surface area contributed by atoms with Gasteiger partial charge in [0.1, 0.15) is 11.6 Å². The third-order valence-electron chi connectivity index (χ3n) is 4.21. The lowest BCUT2D eigenvalue weighted by Gasteiger charge is -2.09. The highest BCUT2D eigenvalue weighted by molar-refractivity contribution is 7.99. The summed E-state index contributed by atoms with van der Waals surface area (Å²) in [5, 5.41) is 5.73. The van der Waals surface area contributed by atoms with Crippen molar-refractivity contribution in [2.75, 3.05) is 17.7 Å². The summed E-state index contributed by atoms with van der Waals surface area (Å²) >= 11 is 1.14. The van der Waals surface area contributed by atoms with Crippen LogP contribution in [0.2, 0.25) is 0 Å². The van der Waals surface area contributed by atoms with Crippen LogP contribution in [0.25, 0.3) is 17.0 Å². The molecule has 2 aromatic carbocycles. The van der Waals surface area contributed by atoms with Crippen molar-refractivity contribution in [3.05, 3.63) is 70.8 Å². The molecule has 31 heavy (non-hydrogen) atoms. The number of nitrogens with one attached hydrogen (secondary N) is 2. The van der Waals surface area contributed by atoms with Crippen LogP contribution in [0, 0.1) is 5.82 Å². The molecule has 0 radical (unpaired) electrons. The molecule has 0 saturated carbocycles. The van der Waals surface area contributed by atoms with Crippen molar-refractivity contribution < 1.29 is 13.9 Å². The number of hydrogen-bond acceptors (Lipinski definition) is 6. The van der Waals surface area contributed by atoms with Crippen molar-refractivity contribution in [1.29, 1.82) is 0 Å². The lowest BCUT2D eigenvalue weighted by molar-refractivity contribution is -0.113. The van der Waals surface area contributed by atoms with Crippen molar-refractivity contribution in [3.63, 3.8) is 0 Å². The number of amides is 1. The van der Waals surface area contributed by atoms with E-state index in [1.54, 1.807) is 0 Å². The molecular formula is C21H18FN5O3S. The van der Waals surface area contributed by atoms with Gasteiger partial charge in [0, 0.05) is 17.3 Å². The monoisotopic (exact) mass is 439 g/mol. The van der Waals surface area contributed by atoms with Gasteiger partial charge < -0.3 is 10.1 Å². The number of aromatic amines is 1. The summed E-state index contributed by atoms with van der Waals surface area (Å²) in [7, 11) is 0. The smallest absolute Gasteiger partial charge is 0.266 e. The Balaban J connectivity index is 1.56. The Kier molecular flexibility index (Phi) is 5.99. The Morgan fingerprint density at radius 1 is 1.16 bits per heavy atom. The molecule has 0 fully saturated rings. The molecule has 4 rings (SSSR count). The van der Waals surface area contributed by atoms with Crippen LogP contribution in [0.4, 0.5) is 10.1 Å². The van der Waals surface area contributed by atoms with Crippen molar-refractivity contribution in [2.45, 2.75) is 12.1 Å². The molecular weight excluding hydrogens is 421 g/mol. The van der Waals surface area contributed by atoms with Gasteiger partial charge >= 0.3 is 0 Å². The predicted molar refractivity (Wildman–Crippen MR) is 116 cm³/mol. The summed E-state index contributed by atoms with van der Waals surface area (Å²) in [6.07, 6.45) is 0. The Bertz CT molecular complexity index is 1270. The van der Waals surface area contributed by atoms with Gasteiger partial charge in [-0.25, -0.2) is 18.9 Å². The number of ether oxygens (including phenoxy) is 1. The predicted octanol–water partition coefficient (Wildman–Crippen LogP) is 3.35. The number of benzene rings is 2. The maximum absolute atomic E-state index is 13.0. The maximum Gasteiger partial charge on any atom is 0.266 e. The van der Waals surface area contributed by atoms with Crippen molar-refractivity contribution in [2.24, 2.45) is 0 Å². The molecule has 0 aliphatic carbocycles. The Hall–Kier alpha value is -3.66. The first kappa shape index (κ1) is 20.6. The number of anilines is 1. The van der Waals surface area contributed by atoms with Gasteiger partial charge in [-0.1, -0.05) is 11.8 Å². The van der Waals surface area contributed by atoms with E-state index in [9.17, 15) is 14.0 Å². The molecule has 0 aliphatic rings. The summed E-state index contributed by atoms with van der Waals surface area (Å²) in [5.74, 6) is 0.516. The second-order valence-electron chi connectivity index (χ2n) is 6.44. The Labute approximate surface area is 180 Å². The van der Waals surface area contributed by atoms with Crippen LogP contribution >= 0.6 is 11.8 Å². The highest BCUT2D eigenvalue weighted by Crippen LogP contribution is 2.23. The van der Waals surface area contributed by atoms with Gasteiger partial charge in [-0.15, -0.1) is 0 Å². The van der Waals surface area contributed by atoms with Gasteiger partial charge in [-0.2, -0.15) is 0 Å². The molecule has 10 heteroatoms. The minimum absolute atomic E-state index is 0.0341. The zero-order valence-corrected chi connectivity index (χ0v) is 17.3. The van der Waals surface area contributed by atoms with Gasteiger partial charge in [0.05, 0.1) is 12.4 Å². The number of hydrogen-bond donors (Lipinski definition) is 2. The number of nitrogens with zero attached hydrogens (tertiary/aromatic N) is 3. The number of carbonyl (C=O) groups excluding carboxylic acids is 1. The molecule has 0 spiro atoms. The average Bonchev–Trinajstić information content (AvgIpc) is 3.14. The van der Waals surface area contributed by atoms with Gasteiger partial charge in [0.25, 0.3) is 5.56 Å². The fraction of sp³-hybridized carbons (Fsp3) is 0.143. The quantitative estimate of drug-likeness (QED) is 0.428. The summed E-state index contributed by atoms with van der Waals surface area (Å²) in [4.78, 5) is 33.1. The van der Waals surface area contributed by atoms with Gasteiger partial charge in [-0.05, 0) is 55.5 Å². The molecule has 8 nitrogen and oxygen atoms in total. The molecule has 4 aromatic rings. The van der Waals surface area contributed by atoms with E-state index in [-0.39, 0.29) is 23.0 Å². The topological polar surface area (TPSA) is 101 Å². The number of fused-ring (bicyclic) bond motifs is 1. The first-order valence-corrected chi connectivity index (χ1v) is 10.4. The third-order valence-corrected chi connectivity index (χ3v) is 5.15. The van der Waals surface area contributed by atoms with E-state index >= 15 is 0 Å². The Morgan fingerprint density at radius 3 is 2.61 bits per heavy atom. The lowest BCUT2D eigenvalue weighted by Crippen LogP contribution is -2.15. The number of aromatic nitrogens is 4. The summed E-state index contributed by atoms with van der Waals surface area (Å²) in [5.41, 5.74) is 1.31. The molecule has 0 bridgehead atoms. The van der Waals surface area contributed by atoms with Crippen molar-refractivity contribution in [1.82, 2.24) is 19.6 Å². The van der Waals surface area contributed by atoms with Crippen molar-refractivity contribution in [3.8, 4) is 17.1 Å². The van der Waals surface area contributed by atoms with Crippen LogP contribution in [0.3, 0.4) is 0 Å². The normalized spacial score (nSPS) is 10.9. The largest absolute Gasteiger partial charge is 0.494 e. The standard InChI is InChI=1S/C21H18FN5O3S/c1-2-30-16-9-3-13(4-10-16)20-24-17-11-18(28)26-27(17)21(25-20)31-12-19(29)23-15-7-5-14(22)6-8-15/h3-11H,2,12H2,1H3,(H,23,29)(H,26,28). The van der Waals surface area contributed by atoms with E-state index in [4.69, 9.17) is 4.74 Å². The van der Waals surface area contributed by atoms with E-state index in [0.29, 0.717) is 28.9 Å². The second kappa shape index (κ2) is 9.00. The SMILES string of the molecule is CCOc1ccc(-c2nc(SCC(=O)Nc3ccc(F)cc3)n3[nH]c(=O)cc3n2)cc1. The minimum Gasteiger partial charge on any atom is -0.494 e. The third kappa shape index (κ3) is 4.92. The van der Waals surface area contributed by atoms with Gasteiger partial charge in [-0.3, -0.25) is 14.7 Å². The van der Waals surface area contributed by atoms with E-state index in [1.807, 2.05) is 31.2 Å². The van der Waals surface area contributed by atoms with E-state index < -0.39 is 0 Å². The van der Waals surface area contributed by atoms with Crippen LogP contribution in [-0.2, 0) is 4.79 Å². The second-order valence-corrected chi connectivity index (χ2v) is 7.39. The summed E-state index contributed by atoms with van der Waals surface area (Å²) in [6, 6.07) is 14.2. The maximum atomic E-state index is 13.0. The number of carbonyl (C=O) groups is 1. The molecule has 0 aliphatic heterocycles. The van der Waals surface area contributed by atoms with Gasteiger partial charge in [0.15, 0.2) is 16.6 Å².